The van der Waals surface area contributed by atoms with Gasteiger partial charge in [-0.25, -0.2) is 0 Å². The third-order valence-corrected chi connectivity index (χ3v) is 8.91. The van der Waals surface area contributed by atoms with E-state index in [1.54, 1.807) is 16.4 Å². The first-order valence-corrected chi connectivity index (χ1v) is 13.1. The Morgan fingerprint density at radius 2 is 1.97 bits per heavy atom. The van der Waals surface area contributed by atoms with Gasteiger partial charge in [0.1, 0.15) is 5.82 Å². The Balaban J connectivity index is 1.29. The van der Waals surface area contributed by atoms with E-state index in [9.17, 15) is 13.5 Å². The van der Waals surface area contributed by atoms with Gasteiger partial charge in [-0.3, -0.25) is 5.10 Å². The number of anilines is 3. The number of hydrogen-bond acceptors (Lipinski definition) is 10. The topological polar surface area (TPSA) is 172 Å². The number of rotatable bonds is 8. The Labute approximate surface area is 203 Å². The maximum Gasteiger partial charge on any atom is 0.282 e. The van der Waals surface area contributed by atoms with Crippen LogP contribution in [0.15, 0.2) is 12.1 Å². The van der Waals surface area contributed by atoms with Crippen LogP contribution in [-0.2, 0) is 16.8 Å². The molecule has 5 heterocycles. The summed E-state index contributed by atoms with van der Waals surface area (Å²) in [5.41, 5.74) is 0.571. The van der Waals surface area contributed by atoms with Crippen LogP contribution in [0.2, 0.25) is 0 Å². The molecule has 2 aromatic rings. The number of nitrogens with zero attached hydrogens (tertiary/aromatic N) is 6. The number of nitriles is 1. The molecule has 188 valence electrons. The first-order chi connectivity index (χ1) is 16.9. The van der Waals surface area contributed by atoms with Crippen LogP contribution >= 0.6 is 0 Å². The van der Waals surface area contributed by atoms with Crippen molar-refractivity contribution < 1.29 is 18.3 Å². The van der Waals surface area contributed by atoms with Crippen LogP contribution in [0.5, 0.6) is 5.88 Å². The van der Waals surface area contributed by atoms with Gasteiger partial charge in [0.25, 0.3) is 10.2 Å². The summed E-state index contributed by atoms with van der Waals surface area (Å²) in [6.07, 6.45) is 3.91. The van der Waals surface area contributed by atoms with Crippen molar-refractivity contribution in [1.82, 2.24) is 28.8 Å². The van der Waals surface area contributed by atoms with Gasteiger partial charge in [-0.2, -0.15) is 37.4 Å². The Morgan fingerprint density at radius 1 is 1.23 bits per heavy atom. The lowest BCUT2D eigenvalue weighted by Crippen LogP contribution is -2.63. The van der Waals surface area contributed by atoms with Gasteiger partial charge in [-0.1, -0.05) is 6.42 Å². The second-order valence-electron chi connectivity index (χ2n) is 9.21. The first kappa shape index (κ1) is 23.7. The van der Waals surface area contributed by atoms with E-state index in [1.807, 2.05) is 0 Å². The number of fused-ring (bicyclic) bond motifs is 2. The van der Waals surface area contributed by atoms with Crippen LogP contribution in [0, 0.1) is 17.2 Å². The third kappa shape index (κ3) is 4.76. The predicted octanol–water partition coefficient (Wildman–Crippen LogP) is 0.942. The van der Waals surface area contributed by atoms with Gasteiger partial charge in [0.05, 0.1) is 31.4 Å². The second-order valence-corrected chi connectivity index (χ2v) is 11.0. The number of hydrogen-bond donors (Lipinski definition) is 4. The first-order valence-electron chi connectivity index (χ1n) is 11.7. The second kappa shape index (κ2) is 9.57. The zero-order chi connectivity index (χ0) is 24.6. The number of piperidine rings is 2. The normalized spacial score (nSPS) is 25.5. The van der Waals surface area contributed by atoms with Gasteiger partial charge in [-0.05, 0) is 25.7 Å². The molecule has 0 spiro atoms. The average molecular weight is 504 g/mol. The highest BCUT2D eigenvalue weighted by molar-refractivity contribution is 7.86. The molecule has 3 aliphatic rings. The maximum atomic E-state index is 13.3. The molecular weight excluding hydrogens is 474 g/mol. The summed E-state index contributed by atoms with van der Waals surface area (Å²) in [5.74, 6) is 1.50. The van der Waals surface area contributed by atoms with Crippen molar-refractivity contribution in [1.29, 1.82) is 5.26 Å². The standard InChI is InChI=1S/C21H29N9O4S/c1-34-20-8-18(24-19-7-15(12-31)27-28-19)25-21(26-20)23-14-5-16-3-2-4-17(6-14)30(16)35(32,33)29-10-13(9-22)11-29/h7-8,13-14,16-17,31H,2-6,10-12H2,1H3,(H3,23,24,25,26,27,28)/t14-,16+,17-. The van der Waals surface area contributed by atoms with Crippen molar-refractivity contribution in [2.24, 2.45) is 5.92 Å². The van der Waals surface area contributed by atoms with E-state index in [0.29, 0.717) is 42.0 Å². The van der Waals surface area contributed by atoms with Gasteiger partial charge < -0.3 is 20.5 Å². The number of ether oxygens (including phenoxy) is 1. The highest BCUT2D eigenvalue weighted by Gasteiger charge is 2.49. The van der Waals surface area contributed by atoms with Crippen molar-refractivity contribution in [3.05, 3.63) is 17.8 Å². The van der Waals surface area contributed by atoms with Crippen LogP contribution in [0.4, 0.5) is 17.6 Å². The van der Waals surface area contributed by atoms with Crippen molar-refractivity contribution in [3.8, 4) is 11.9 Å². The lowest BCUT2D eigenvalue weighted by molar-refractivity contribution is 0.0983. The Hall–Kier alpha value is -2.99. The van der Waals surface area contributed by atoms with Crippen LogP contribution in [-0.4, -0.2) is 80.6 Å². The molecule has 0 amide bonds. The molecule has 4 N–H and O–H groups in total. The molecule has 13 nitrogen and oxygen atoms in total. The molecule has 0 radical (unpaired) electrons. The molecular formula is C21H29N9O4S. The smallest absolute Gasteiger partial charge is 0.282 e. The minimum Gasteiger partial charge on any atom is -0.481 e. The molecule has 14 heteroatoms. The largest absolute Gasteiger partial charge is 0.481 e. The van der Waals surface area contributed by atoms with Crippen molar-refractivity contribution >= 4 is 27.8 Å². The Bertz CT molecular complexity index is 1190. The zero-order valence-corrected chi connectivity index (χ0v) is 20.2. The molecule has 0 aromatic carbocycles. The van der Waals surface area contributed by atoms with E-state index in [1.165, 1.54) is 11.4 Å². The fraction of sp³-hybridized carbons (Fsp3) is 0.619. The number of aromatic nitrogens is 4. The Kier molecular flexibility index (Phi) is 6.49. The molecule has 5 rings (SSSR count). The number of nitrogens with one attached hydrogen (secondary N) is 3. The lowest BCUT2D eigenvalue weighted by Gasteiger charge is -2.50. The Morgan fingerprint density at radius 3 is 2.60 bits per heavy atom. The fourth-order valence-electron chi connectivity index (χ4n) is 5.15. The molecule has 3 saturated heterocycles. The number of aliphatic hydroxyl groups is 1. The minimum absolute atomic E-state index is 0.00586. The summed E-state index contributed by atoms with van der Waals surface area (Å²) in [5, 5.41) is 31.5. The molecule has 2 bridgehead atoms. The van der Waals surface area contributed by atoms with Crippen molar-refractivity contribution in [2.75, 3.05) is 30.8 Å². The van der Waals surface area contributed by atoms with Crippen LogP contribution in [0.25, 0.3) is 0 Å². The van der Waals surface area contributed by atoms with E-state index in [-0.39, 0.29) is 43.7 Å². The van der Waals surface area contributed by atoms with Gasteiger partial charge in [-0.15, -0.1) is 0 Å². The van der Waals surface area contributed by atoms with E-state index in [0.717, 1.165) is 19.3 Å². The van der Waals surface area contributed by atoms with Crippen LogP contribution in [0.3, 0.4) is 0 Å². The summed E-state index contributed by atoms with van der Waals surface area (Å²) in [6, 6.07) is 5.27. The van der Waals surface area contributed by atoms with E-state index in [2.05, 4.69) is 36.9 Å². The lowest BCUT2D eigenvalue weighted by atomic mass is 9.84. The minimum atomic E-state index is -3.58. The average Bonchev–Trinajstić information content (AvgIpc) is 3.25. The zero-order valence-electron chi connectivity index (χ0n) is 19.4. The molecule has 3 atom stereocenters. The molecule has 2 aromatic heterocycles. The predicted molar refractivity (Wildman–Crippen MR) is 126 cm³/mol. The number of H-pyrrole nitrogens is 1. The van der Waals surface area contributed by atoms with Crippen LogP contribution in [0.1, 0.15) is 37.8 Å². The number of methoxy groups -OCH3 is 1. The summed E-state index contributed by atoms with van der Waals surface area (Å²) in [4.78, 5) is 8.95. The summed E-state index contributed by atoms with van der Waals surface area (Å²) >= 11 is 0. The highest BCUT2D eigenvalue weighted by atomic mass is 32.2. The monoisotopic (exact) mass is 503 g/mol. The molecule has 3 aliphatic heterocycles. The van der Waals surface area contributed by atoms with Gasteiger partial charge in [0, 0.05) is 43.3 Å². The fourth-order valence-corrected chi connectivity index (χ4v) is 7.29. The molecule has 3 fully saturated rings. The molecule has 0 saturated carbocycles. The van der Waals surface area contributed by atoms with Crippen LogP contribution < -0.4 is 15.4 Å². The van der Waals surface area contributed by atoms with Gasteiger partial charge in [0.15, 0.2) is 5.82 Å². The van der Waals surface area contributed by atoms with E-state index < -0.39 is 10.2 Å². The number of aliphatic hydroxyl groups excluding tert-OH is 1. The SMILES string of the molecule is COc1cc(Nc2cc(CO)[nH]n2)nc(N[C@H]2C[C@H]3CCC[C@@H](C2)N3S(=O)(=O)N2CC(C#N)C2)n1. The molecule has 35 heavy (non-hydrogen) atoms. The molecule has 0 unspecified atom stereocenters. The van der Waals surface area contributed by atoms with E-state index >= 15 is 0 Å². The maximum absolute atomic E-state index is 13.3. The van der Waals surface area contributed by atoms with Crippen molar-refractivity contribution in [2.45, 2.75) is 56.8 Å². The van der Waals surface area contributed by atoms with Crippen molar-refractivity contribution in [3.63, 3.8) is 0 Å². The van der Waals surface area contributed by atoms with E-state index in [4.69, 9.17) is 10.00 Å². The summed E-state index contributed by atoms with van der Waals surface area (Å²) < 4.78 is 35.0. The van der Waals surface area contributed by atoms with Gasteiger partial charge in [0.2, 0.25) is 11.8 Å². The quantitative estimate of drug-likeness (QED) is 0.406. The highest BCUT2D eigenvalue weighted by Crippen LogP contribution is 2.39. The third-order valence-electron chi connectivity index (χ3n) is 6.83. The van der Waals surface area contributed by atoms with Gasteiger partial charge >= 0.3 is 0 Å². The molecule has 0 aliphatic carbocycles. The number of aromatic amines is 1. The summed E-state index contributed by atoms with van der Waals surface area (Å²) in [6.45, 7) is 0.404. The summed E-state index contributed by atoms with van der Waals surface area (Å²) in [7, 11) is -2.05.